The van der Waals surface area contributed by atoms with Crippen molar-refractivity contribution in [2.75, 3.05) is 0 Å². The van der Waals surface area contributed by atoms with Gasteiger partial charge in [0.2, 0.25) is 10.0 Å². The van der Waals surface area contributed by atoms with E-state index in [4.69, 9.17) is 0 Å². The number of allylic oxidation sites excluding steroid dienone is 1. The lowest BCUT2D eigenvalue weighted by Crippen LogP contribution is -2.34. The first kappa shape index (κ1) is 19.1. The highest BCUT2D eigenvalue weighted by Crippen LogP contribution is 2.22. The van der Waals surface area contributed by atoms with Gasteiger partial charge in [-0.2, -0.15) is 4.72 Å². The Morgan fingerprint density at radius 1 is 0.960 bits per heavy atom. The highest BCUT2D eigenvalue weighted by molar-refractivity contribution is 7.89. The number of Topliss-reactive ketones (excluding diaryl/α,β-unsaturated/α-hetero) is 1. The maximum atomic E-state index is 12.7. The minimum atomic E-state index is -3.82. The van der Waals surface area contributed by atoms with Crippen LogP contribution in [0.2, 0.25) is 0 Å². The van der Waals surface area contributed by atoms with Gasteiger partial charge >= 0.3 is 0 Å². The van der Waals surface area contributed by atoms with Gasteiger partial charge in [-0.1, -0.05) is 53.6 Å². The maximum absolute atomic E-state index is 12.7. The van der Waals surface area contributed by atoms with Crippen molar-refractivity contribution >= 4 is 15.8 Å². The van der Waals surface area contributed by atoms with Gasteiger partial charge in [-0.25, -0.2) is 8.42 Å². The molecule has 0 spiro atoms. The van der Waals surface area contributed by atoms with Crippen molar-refractivity contribution < 1.29 is 13.2 Å². The summed E-state index contributed by atoms with van der Waals surface area (Å²) in [6.07, 6.45) is 1.68. The zero-order valence-electron chi connectivity index (χ0n) is 14.9. The van der Waals surface area contributed by atoms with Crippen molar-refractivity contribution in [3.8, 4) is 0 Å². The Hall–Kier alpha value is -2.24. The number of hydrogen-bond acceptors (Lipinski definition) is 3. The van der Waals surface area contributed by atoms with Crippen LogP contribution in [-0.4, -0.2) is 14.2 Å². The molecule has 0 saturated heterocycles. The summed E-state index contributed by atoms with van der Waals surface area (Å²) in [5.74, 6) is -0.262. The number of benzene rings is 2. The van der Waals surface area contributed by atoms with Crippen molar-refractivity contribution in [3.05, 3.63) is 76.9 Å². The van der Waals surface area contributed by atoms with E-state index in [1.54, 1.807) is 44.2 Å². The SMILES string of the molecule is C/C=C(\C)C(=O)C(NS(=O)(=O)c1ccc(C)cc1)c1ccc(C)cc1. The molecular weight excluding hydrogens is 334 g/mol. The molecule has 5 heteroatoms. The summed E-state index contributed by atoms with van der Waals surface area (Å²) >= 11 is 0. The molecule has 1 N–H and O–H groups in total. The average Bonchev–Trinajstić information content (AvgIpc) is 2.59. The molecule has 0 bridgehead atoms. The van der Waals surface area contributed by atoms with Gasteiger partial charge in [0.05, 0.1) is 4.90 Å². The van der Waals surface area contributed by atoms with E-state index < -0.39 is 16.1 Å². The predicted molar refractivity (Wildman–Crippen MR) is 99.9 cm³/mol. The second-order valence-corrected chi connectivity index (χ2v) is 7.83. The van der Waals surface area contributed by atoms with E-state index in [-0.39, 0.29) is 10.7 Å². The van der Waals surface area contributed by atoms with Crippen molar-refractivity contribution in [1.82, 2.24) is 4.72 Å². The van der Waals surface area contributed by atoms with Crippen LogP contribution in [0.1, 0.15) is 36.6 Å². The molecule has 1 unspecified atom stereocenters. The fraction of sp³-hybridized carbons (Fsp3) is 0.250. The second kappa shape index (κ2) is 7.76. The summed E-state index contributed by atoms with van der Waals surface area (Å²) in [7, 11) is -3.82. The zero-order valence-corrected chi connectivity index (χ0v) is 15.7. The van der Waals surface area contributed by atoms with Gasteiger partial charge in [-0.3, -0.25) is 4.79 Å². The average molecular weight is 357 g/mol. The molecule has 132 valence electrons. The van der Waals surface area contributed by atoms with Crippen molar-refractivity contribution in [3.63, 3.8) is 0 Å². The first-order valence-corrected chi connectivity index (χ1v) is 9.55. The third kappa shape index (κ3) is 4.65. The lowest BCUT2D eigenvalue weighted by Gasteiger charge is -2.19. The molecule has 0 aromatic heterocycles. The van der Waals surface area contributed by atoms with Gasteiger partial charge in [0, 0.05) is 0 Å². The number of rotatable bonds is 6. The predicted octanol–water partition coefficient (Wildman–Crippen LogP) is 3.86. The van der Waals surface area contributed by atoms with Crippen LogP contribution < -0.4 is 4.72 Å². The third-order valence-electron chi connectivity index (χ3n) is 4.10. The van der Waals surface area contributed by atoms with Crippen molar-refractivity contribution in [2.45, 2.75) is 38.6 Å². The monoisotopic (exact) mass is 357 g/mol. The van der Waals surface area contributed by atoms with E-state index in [0.29, 0.717) is 11.1 Å². The third-order valence-corrected chi connectivity index (χ3v) is 5.54. The van der Waals surface area contributed by atoms with E-state index in [9.17, 15) is 13.2 Å². The van der Waals surface area contributed by atoms with E-state index >= 15 is 0 Å². The number of ketones is 1. The van der Waals surface area contributed by atoms with Gasteiger partial charge in [-0.05, 0) is 51.0 Å². The van der Waals surface area contributed by atoms with Crippen LogP contribution in [0.15, 0.2) is 65.1 Å². The first-order valence-electron chi connectivity index (χ1n) is 8.07. The number of sulfonamides is 1. The lowest BCUT2D eigenvalue weighted by atomic mass is 9.98. The summed E-state index contributed by atoms with van der Waals surface area (Å²) in [5, 5.41) is 0. The quantitative estimate of drug-likeness (QED) is 0.799. The minimum absolute atomic E-state index is 0.140. The maximum Gasteiger partial charge on any atom is 0.241 e. The summed E-state index contributed by atoms with van der Waals surface area (Å²) < 4.78 is 28.0. The van der Waals surface area contributed by atoms with Crippen LogP contribution in [-0.2, 0) is 14.8 Å². The fourth-order valence-corrected chi connectivity index (χ4v) is 3.53. The number of aryl methyl sites for hydroxylation is 2. The molecule has 2 aromatic carbocycles. The van der Waals surface area contributed by atoms with E-state index in [1.807, 2.05) is 26.0 Å². The van der Waals surface area contributed by atoms with Gasteiger partial charge in [0.1, 0.15) is 6.04 Å². The number of carbonyl (C=O) groups is 1. The molecule has 0 amide bonds. The Morgan fingerprint density at radius 2 is 1.44 bits per heavy atom. The van der Waals surface area contributed by atoms with Crippen molar-refractivity contribution in [2.24, 2.45) is 0 Å². The molecule has 0 fully saturated rings. The smallest absolute Gasteiger partial charge is 0.241 e. The van der Waals surface area contributed by atoms with Crippen molar-refractivity contribution in [1.29, 1.82) is 0 Å². The van der Waals surface area contributed by atoms with Crippen LogP contribution in [0, 0.1) is 13.8 Å². The Balaban J connectivity index is 2.43. The van der Waals surface area contributed by atoms with E-state index in [0.717, 1.165) is 11.1 Å². The number of carbonyl (C=O) groups excluding carboxylic acids is 1. The topological polar surface area (TPSA) is 63.2 Å². The van der Waals surface area contributed by atoms with Gasteiger partial charge < -0.3 is 0 Å². The lowest BCUT2D eigenvalue weighted by molar-refractivity contribution is -0.117. The molecule has 0 saturated carbocycles. The summed E-state index contributed by atoms with van der Waals surface area (Å²) in [6.45, 7) is 7.27. The van der Waals surface area contributed by atoms with E-state index in [1.165, 1.54) is 12.1 Å². The largest absolute Gasteiger partial charge is 0.292 e. The molecule has 1 atom stereocenters. The standard InChI is InChI=1S/C20H23NO3S/c1-5-16(4)20(22)19(17-10-6-14(2)7-11-17)21-25(23,24)18-12-8-15(3)9-13-18/h5-13,19,21H,1-4H3/b16-5+. The van der Waals surface area contributed by atoms with Crippen LogP contribution in [0.25, 0.3) is 0 Å². The molecule has 2 aromatic rings. The minimum Gasteiger partial charge on any atom is -0.292 e. The van der Waals surface area contributed by atoms with Crippen LogP contribution in [0.3, 0.4) is 0 Å². The Bertz CT molecular complexity index is 880. The fourth-order valence-electron chi connectivity index (χ4n) is 2.34. The molecule has 0 aliphatic carbocycles. The molecule has 0 heterocycles. The highest BCUT2D eigenvalue weighted by atomic mass is 32.2. The highest BCUT2D eigenvalue weighted by Gasteiger charge is 2.27. The van der Waals surface area contributed by atoms with Gasteiger partial charge in [0.25, 0.3) is 0 Å². The molecule has 4 nitrogen and oxygen atoms in total. The molecule has 0 aliphatic heterocycles. The van der Waals surface area contributed by atoms with Crippen LogP contribution in [0.5, 0.6) is 0 Å². The summed E-state index contributed by atoms with van der Waals surface area (Å²) in [5.41, 5.74) is 3.14. The molecule has 2 rings (SSSR count). The zero-order chi connectivity index (χ0) is 18.6. The number of hydrogen-bond donors (Lipinski definition) is 1. The van der Waals surface area contributed by atoms with Crippen LogP contribution >= 0.6 is 0 Å². The molecular formula is C20H23NO3S. The van der Waals surface area contributed by atoms with Gasteiger partial charge in [-0.15, -0.1) is 0 Å². The second-order valence-electron chi connectivity index (χ2n) is 6.11. The van der Waals surface area contributed by atoms with Crippen LogP contribution in [0.4, 0.5) is 0 Å². The van der Waals surface area contributed by atoms with Gasteiger partial charge in [0.15, 0.2) is 5.78 Å². The Morgan fingerprint density at radius 3 is 1.92 bits per heavy atom. The molecule has 0 aliphatic rings. The normalized spacial score (nSPS) is 13.5. The summed E-state index contributed by atoms with van der Waals surface area (Å²) in [4.78, 5) is 12.9. The first-order chi connectivity index (χ1) is 11.7. The molecule has 25 heavy (non-hydrogen) atoms. The number of nitrogens with one attached hydrogen (secondary N) is 1. The Labute approximate surface area is 149 Å². The molecule has 0 radical (unpaired) electrons. The van der Waals surface area contributed by atoms with E-state index in [2.05, 4.69) is 4.72 Å². The summed E-state index contributed by atoms with van der Waals surface area (Å²) in [6, 6.07) is 12.9. The Kier molecular flexibility index (Phi) is 5.93.